The monoisotopic (exact) mass is 223 g/mol. The number of para-hydroxylation sites is 1. The highest BCUT2D eigenvalue weighted by molar-refractivity contribution is 5.75. The van der Waals surface area contributed by atoms with Gasteiger partial charge in [-0.25, -0.2) is 5.48 Å². The van der Waals surface area contributed by atoms with E-state index in [4.69, 9.17) is 9.57 Å². The zero-order valence-corrected chi connectivity index (χ0v) is 9.66. The van der Waals surface area contributed by atoms with Gasteiger partial charge in [-0.3, -0.25) is 9.63 Å². The van der Waals surface area contributed by atoms with E-state index in [9.17, 15) is 4.79 Å². The van der Waals surface area contributed by atoms with E-state index in [1.54, 1.807) is 7.11 Å². The number of methoxy groups -OCH3 is 1. The topological polar surface area (TPSA) is 47.6 Å². The smallest absolute Gasteiger partial charge is 0.243 e. The van der Waals surface area contributed by atoms with E-state index in [0.717, 1.165) is 11.3 Å². The molecule has 0 unspecified atom stereocenters. The van der Waals surface area contributed by atoms with Gasteiger partial charge in [0.15, 0.2) is 0 Å². The largest absolute Gasteiger partial charge is 0.496 e. The molecule has 0 saturated carbocycles. The van der Waals surface area contributed by atoms with E-state index in [1.165, 1.54) is 0 Å². The Bertz CT molecular complexity index is 339. The first-order valence-corrected chi connectivity index (χ1v) is 5.30. The van der Waals surface area contributed by atoms with E-state index in [1.807, 2.05) is 31.2 Å². The molecule has 0 fully saturated rings. The summed E-state index contributed by atoms with van der Waals surface area (Å²) in [7, 11) is 1.62. The molecule has 88 valence electrons. The summed E-state index contributed by atoms with van der Waals surface area (Å²) in [4.78, 5) is 16.1. The van der Waals surface area contributed by atoms with E-state index in [-0.39, 0.29) is 5.91 Å². The first-order chi connectivity index (χ1) is 7.77. The van der Waals surface area contributed by atoms with E-state index in [0.29, 0.717) is 19.4 Å². The van der Waals surface area contributed by atoms with Crippen molar-refractivity contribution in [2.75, 3.05) is 13.7 Å². The molecule has 0 aliphatic heterocycles. The lowest BCUT2D eigenvalue weighted by atomic mass is 10.1. The highest BCUT2D eigenvalue weighted by atomic mass is 16.6. The quantitative estimate of drug-likeness (QED) is 0.747. The summed E-state index contributed by atoms with van der Waals surface area (Å²) in [5, 5.41) is 0. The van der Waals surface area contributed by atoms with Crippen LogP contribution in [0.5, 0.6) is 5.75 Å². The fourth-order valence-corrected chi connectivity index (χ4v) is 1.36. The Labute approximate surface area is 95.5 Å². The standard InChI is InChI=1S/C12H17NO3/c1-3-16-13-12(14)9-8-10-6-4-5-7-11(10)15-2/h4-7H,3,8-9H2,1-2H3,(H,13,14). The number of hydrogen-bond acceptors (Lipinski definition) is 3. The maximum atomic E-state index is 11.3. The second-order valence-corrected chi connectivity index (χ2v) is 3.27. The summed E-state index contributed by atoms with van der Waals surface area (Å²) in [6.07, 6.45) is 1.03. The Morgan fingerprint density at radius 2 is 2.12 bits per heavy atom. The van der Waals surface area contributed by atoms with E-state index in [2.05, 4.69) is 5.48 Å². The number of carbonyl (C=O) groups excluding carboxylic acids is 1. The van der Waals surface area contributed by atoms with Gasteiger partial charge in [-0.15, -0.1) is 0 Å². The van der Waals surface area contributed by atoms with Crippen molar-refractivity contribution in [3.8, 4) is 5.75 Å². The number of rotatable bonds is 6. The molecule has 4 nitrogen and oxygen atoms in total. The predicted molar refractivity (Wildman–Crippen MR) is 61.1 cm³/mol. The van der Waals surface area contributed by atoms with Crippen LogP contribution < -0.4 is 10.2 Å². The van der Waals surface area contributed by atoms with Crippen molar-refractivity contribution < 1.29 is 14.4 Å². The van der Waals surface area contributed by atoms with Crippen LogP contribution in [0.1, 0.15) is 18.9 Å². The normalized spacial score (nSPS) is 9.88. The number of ether oxygens (including phenoxy) is 1. The average Bonchev–Trinajstić information content (AvgIpc) is 2.34. The second kappa shape index (κ2) is 6.85. The number of nitrogens with one attached hydrogen (secondary N) is 1. The van der Waals surface area contributed by atoms with Gasteiger partial charge in [-0.05, 0) is 25.0 Å². The molecule has 0 bridgehead atoms. The minimum atomic E-state index is -0.118. The molecule has 4 heteroatoms. The summed E-state index contributed by atoms with van der Waals surface area (Å²) in [6, 6.07) is 7.67. The zero-order chi connectivity index (χ0) is 11.8. The van der Waals surface area contributed by atoms with Crippen LogP contribution in [-0.2, 0) is 16.1 Å². The summed E-state index contributed by atoms with van der Waals surface area (Å²) in [5.41, 5.74) is 3.38. The van der Waals surface area contributed by atoms with Gasteiger partial charge in [0.05, 0.1) is 13.7 Å². The third-order valence-corrected chi connectivity index (χ3v) is 2.14. The number of benzene rings is 1. The molecule has 1 rings (SSSR count). The Morgan fingerprint density at radius 1 is 1.38 bits per heavy atom. The van der Waals surface area contributed by atoms with Crippen LogP contribution in [0.4, 0.5) is 0 Å². The van der Waals surface area contributed by atoms with Crippen molar-refractivity contribution in [1.29, 1.82) is 0 Å². The molecular formula is C12H17NO3. The molecule has 1 aromatic rings. The Balaban J connectivity index is 2.44. The highest BCUT2D eigenvalue weighted by Gasteiger charge is 2.05. The van der Waals surface area contributed by atoms with Crippen LogP contribution in [0.25, 0.3) is 0 Å². The molecule has 0 radical (unpaired) electrons. The summed E-state index contributed by atoms with van der Waals surface area (Å²) >= 11 is 0. The van der Waals surface area contributed by atoms with Gasteiger partial charge in [0.1, 0.15) is 5.75 Å². The van der Waals surface area contributed by atoms with Gasteiger partial charge >= 0.3 is 0 Å². The fourth-order valence-electron chi connectivity index (χ4n) is 1.36. The number of amides is 1. The molecule has 0 heterocycles. The van der Waals surface area contributed by atoms with Crippen LogP contribution >= 0.6 is 0 Å². The van der Waals surface area contributed by atoms with Crippen LogP contribution in [-0.4, -0.2) is 19.6 Å². The Kier molecular flexibility index (Phi) is 5.36. The third kappa shape index (κ3) is 3.90. The van der Waals surface area contributed by atoms with Crippen LogP contribution in [0.15, 0.2) is 24.3 Å². The SMILES string of the molecule is CCONC(=O)CCc1ccccc1OC. The lowest BCUT2D eigenvalue weighted by Crippen LogP contribution is -2.23. The minimum Gasteiger partial charge on any atom is -0.496 e. The average molecular weight is 223 g/mol. The lowest BCUT2D eigenvalue weighted by Gasteiger charge is -2.07. The van der Waals surface area contributed by atoms with Gasteiger partial charge in [-0.2, -0.15) is 0 Å². The van der Waals surface area contributed by atoms with Gasteiger partial charge in [0.2, 0.25) is 5.91 Å². The van der Waals surface area contributed by atoms with Gasteiger partial charge < -0.3 is 4.74 Å². The molecule has 0 aliphatic carbocycles. The minimum absolute atomic E-state index is 0.118. The fraction of sp³-hybridized carbons (Fsp3) is 0.417. The molecule has 1 amide bonds. The molecule has 0 spiro atoms. The Morgan fingerprint density at radius 3 is 2.81 bits per heavy atom. The number of carbonyl (C=O) groups is 1. The van der Waals surface area contributed by atoms with Crippen molar-refractivity contribution in [3.05, 3.63) is 29.8 Å². The first kappa shape index (κ1) is 12.5. The van der Waals surface area contributed by atoms with Crippen molar-refractivity contribution >= 4 is 5.91 Å². The Hall–Kier alpha value is -1.55. The zero-order valence-electron chi connectivity index (χ0n) is 9.66. The number of aryl methyl sites for hydroxylation is 1. The summed E-state index contributed by atoms with van der Waals surface area (Å²) < 4.78 is 5.20. The number of hydroxylamine groups is 1. The van der Waals surface area contributed by atoms with Crippen LogP contribution in [0, 0.1) is 0 Å². The second-order valence-electron chi connectivity index (χ2n) is 3.27. The maximum absolute atomic E-state index is 11.3. The highest BCUT2D eigenvalue weighted by Crippen LogP contribution is 2.18. The van der Waals surface area contributed by atoms with Gasteiger partial charge in [-0.1, -0.05) is 18.2 Å². The van der Waals surface area contributed by atoms with Crippen molar-refractivity contribution in [2.45, 2.75) is 19.8 Å². The molecule has 0 atom stereocenters. The van der Waals surface area contributed by atoms with Gasteiger partial charge in [0.25, 0.3) is 0 Å². The molecular weight excluding hydrogens is 206 g/mol. The molecule has 1 aromatic carbocycles. The maximum Gasteiger partial charge on any atom is 0.243 e. The molecule has 0 aliphatic rings. The van der Waals surface area contributed by atoms with Crippen molar-refractivity contribution in [2.24, 2.45) is 0 Å². The van der Waals surface area contributed by atoms with Crippen molar-refractivity contribution in [1.82, 2.24) is 5.48 Å². The molecule has 0 aromatic heterocycles. The molecule has 1 N–H and O–H groups in total. The first-order valence-electron chi connectivity index (χ1n) is 5.30. The third-order valence-electron chi connectivity index (χ3n) is 2.14. The number of hydrogen-bond donors (Lipinski definition) is 1. The summed E-state index contributed by atoms with van der Waals surface area (Å²) in [6.45, 7) is 2.29. The van der Waals surface area contributed by atoms with Crippen LogP contribution in [0.2, 0.25) is 0 Å². The predicted octanol–water partition coefficient (Wildman–Crippen LogP) is 1.70. The molecule has 0 saturated heterocycles. The van der Waals surface area contributed by atoms with Crippen LogP contribution in [0.3, 0.4) is 0 Å². The van der Waals surface area contributed by atoms with Crippen molar-refractivity contribution in [3.63, 3.8) is 0 Å². The van der Waals surface area contributed by atoms with E-state index < -0.39 is 0 Å². The summed E-state index contributed by atoms with van der Waals surface area (Å²) in [5.74, 6) is 0.694. The van der Waals surface area contributed by atoms with Gasteiger partial charge in [0, 0.05) is 6.42 Å². The lowest BCUT2D eigenvalue weighted by molar-refractivity contribution is -0.133. The van der Waals surface area contributed by atoms with E-state index >= 15 is 0 Å². The molecule has 16 heavy (non-hydrogen) atoms.